The molecule has 0 bridgehead atoms. The monoisotopic (exact) mass is 248 g/mol. The molecule has 1 rings (SSSR count). The Hall–Kier alpha value is -1.46. The molecule has 96 valence electrons. The highest BCUT2D eigenvalue weighted by atomic mass is 19.4. The molecule has 0 aromatic carbocycles. The number of anilines is 1. The van der Waals surface area contributed by atoms with Crippen molar-refractivity contribution >= 4 is 5.69 Å². The lowest BCUT2D eigenvalue weighted by molar-refractivity contribution is -0.276. The summed E-state index contributed by atoms with van der Waals surface area (Å²) in [5.74, 6) is -0.459. The van der Waals surface area contributed by atoms with E-state index in [1.54, 1.807) is 0 Å². The van der Waals surface area contributed by atoms with Crippen LogP contribution < -0.4 is 10.1 Å². The minimum absolute atomic E-state index is 0.0845. The molecular weight excluding hydrogens is 233 g/mol. The van der Waals surface area contributed by atoms with Crippen LogP contribution in [0.25, 0.3) is 0 Å². The molecule has 0 saturated carbocycles. The zero-order chi connectivity index (χ0) is 13.1. The van der Waals surface area contributed by atoms with Crippen LogP contribution >= 0.6 is 0 Å². The lowest BCUT2D eigenvalue weighted by atomic mass is 9.97. The molecule has 0 spiro atoms. The van der Waals surface area contributed by atoms with Crippen LogP contribution in [-0.2, 0) is 0 Å². The number of nitrogens with one attached hydrogen (secondary N) is 1. The van der Waals surface area contributed by atoms with Crippen LogP contribution in [0, 0.1) is 5.41 Å². The molecule has 0 atom stereocenters. The van der Waals surface area contributed by atoms with Gasteiger partial charge in [0.25, 0.3) is 0 Å². The highest BCUT2D eigenvalue weighted by Crippen LogP contribution is 2.22. The van der Waals surface area contributed by atoms with Gasteiger partial charge in [-0.3, -0.25) is 0 Å². The summed E-state index contributed by atoms with van der Waals surface area (Å²) < 4.78 is 39.3. The fourth-order valence-corrected chi connectivity index (χ4v) is 1.03. The predicted molar refractivity (Wildman–Crippen MR) is 58.9 cm³/mol. The van der Waals surface area contributed by atoms with E-state index in [9.17, 15) is 13.2 Å². The first kappa shape index (κ1) is 13.6. The SMILES string of the molecule is CC(C)(C)CNc1ccc(OC(F)(F)F)nc1. The Morgan fingerprint density at radius 1 is 1.24 bits per heavy atom. The average molecular weight is 248 g/mol. The molecule has 0 saturated heterocycles. The standard InChI is InChI=1S/C11H15F3N2O/c1-10(2,3)7-16-8-4-5-9(15-6-8)17-11(12,13)14/h4-6,16H,7H2,1-3H3. The fraction of sp³-hybridized carbons (Fsp3) is 0.545. The van der Waals surface area contributed by atoms with Crippen molar-refractivity contribution < 1.29 is 17.9 Å². The molecule has 0 unspecified atom stereocenters. The van der Waals surface area contributed by atoms with E-state index in [1.165, 1.54) is 18.3 Å². The number of aromatic nitrogens is 1. The van der Waals surface area contributed by atoms with E-state index in [-0.39, 0.29) is 5.41 Å². The maximum atomic E-state index is 11.9. The van der Waals surface area contributed by atoms with Crippen LogP contribution in [-0.4, -0.2) is 17.9 Å². The van der Waals surface area contributed by atoms with E-state index in [0.29, 0.717) is 12.2 Å². The van der Waals surface area contributed by atoms with E-state index in [0.717, 1.165) is 0 Å². The molecule has 0 aliphatic heterocycles. The first-order chi connectivity index (χ1) is 7.66. The van der Waals surface area contributed by atoms with Crippen molar-refractivity contribution in [3.63, 3.8) is 0 Å². The van der Waals surface area contributed by atoms with Crippen molar-refractivity contribution in [2.75, 3.05) is 11.9 Å². The van der Waals surface area contributed by atoms with Gasteiger partial charge in [0.2, 0.25) is 5.88 Å². The third-order valence-electron chi connectivity index (χ3n) is 1.78. The molecule has 1 aromatic heterocycles. The maximum Gasteiger partial charge on any atom is 0.574 e. The van der Waals surface area contributed by atoms with Gasteiger partial charge in [0.15, 0.2) is 0 Å². The highest BCUT2D eigenvalue weighted by Gasteiger charge is 2.31. The Morgan fingerprint density at radius 2 is 1.88 bits per heavy atom. The molecule has 3 nitrogen and oxygen atoms in total. The van der Waals surface area contributed by atoms with Gasteiger partial charge in [0.1, 0.15) is 0 Å². The first-order valence-electron chi connectivity index (χ1n) is 5.11. The first-order valence-corrected chi connectivity index (χ1v) is 5.11. The number of nitrogens with zero attached hydrogens (tertiary/aromatic N) is 1. The smallest absolute Gasteiger partial charge is 0.388 e. The molecule has 17 heavy (non-hydrogen) atoms. The van der Waals surface area contributed by atoms with Crippen LogP contribution in [0.2, 0.25) is 0 Å². The highest BCUT2D eigenvalue weighted by molar-refractivity contribution is 5.42. The zero-order valence-corrected chi connectivity index (χ0v) is 9.93. The molecule has 0 radical (unpaired) electrons. The summed E-state index contributed by atoms with van der Waals surface area (Å²) in [7, 11) is 0. The molecular formula is C11H15F3N2O. The second kappa shape index (κ2) is 4.81. The molecule has 0 amide bonds. The Kier molecular flexibility index (Phi) is 3.85. The van der Waals surface area contributed by atoms with E-state index in [4.69, 9.17) is 0 Å². The normalized spacial score (nSPS) is 12.4. The molecule has 6 heteroatoms. The molecule has 1 N–H and O–H groups in total. The van der Waals surface area contributed by atoms with Crippen molar-refractivity contribution in [3.05, 3.63) is 18.3 Å². The number of rotatable bonds is 3. The fourth-order valence-electron chi connectivity index (χ4n) is 1.03. The third kappa shape index (κ3) is 5.99. The van der Waals surface area contributed by atoms with E-state index in [2.05, 4.69) is 35.8 Å². The largest absolute Gasteiger partial charge is 0.574 e. The van der Waals surface area contributed by atoms with Crippen molar-refractivity contribution in [1.82, 2.24) is 4.98 Å². The number of hydrogen-bond donors (Lipinski definition) is 1. The van der Waals surface area contributed by atoms with Crippen LogP contribution in [0.3, 0.4) is 0 Å². The minimum atomic E-state index is -4.70. The minimum Gasteiger partial charge on any atom is -0.388 e. The van der Waals surface area contributed by atoms with Gasteiger partial charge in [-0.25, -0.2) is 4.98 Å². The van der Waals surface area contributed by atoms with Gasteiger partial charge in [0, 0.05) is 12.6 Å². The Labute approximate surface area is 98.0 Å². The Morgan fingerprint density at radius 3 is 2.29 bits per heavy atom. The maximum absolute atomic E-state index is 11.9. The predicted octanol–water partition coefficient (Wildman–Crippen LogP) is 3.44. The summed E-state index contributed by atoms with van der Waals surface area (Å²) >= 11 is 0. The summed E-state index contributed by atoms with van der Waals surface area (Å²) in [6, 6.07) is 2.68. The third-order valence-corrected chi connectivity index (χ3v) is 1.78. The van der Waals surface area contributed by atoms with Gasteiger partial charge in [-0.05, 0) is 11.5 Å². The van der Waals surface area contributed by atoms with Gasteiger partial charge in [-0.2, -0.15) is 0 Å². The number of hydrogen-bond acceptors (Lipinski definition) is 3. The quantitative estimate of drug-likeness (QED) is 0.889. The van der Waals surface area contributed by atoms with Crippen molar-refractivity contribution in [2.24, 2.45) is 5.41 Å². The molecule has 0 aliphatic rings. The number of halogens is 3. The van der Waals surface area contributed by atoms with Crippen LogP contribution in [0.5, 0.6) is 5.88 Å². The van der Waals surface area contributed by atoms with Gasteiger partial charge < -0.3 is 10.1 Å². The van der Waals surface area contributed by atoms with Crippen LogP contribution in [0.1, 0.15) is 20.8 Å². The van der Waals surface area contributed by atoms with Crippen molar-refractivity contribution in [1.29, 1.82) is 0 Å². The summed E-state index contributed by atoms with van der Waals surface area (Å²) in [6.07, 6.45) is -3.39. The van der Waals surface area contributed by atoms with Crippen molar-refractivity contribution in [2.45, 2.75) is 27.1 Å². The Balaban J connectivity index is 2.56. The summed E-state index contributed by atoms with van der Waals surface area (Å²) in [6.45, 7) is 6.85. The van der Waals surface area contributed by atoms with E-state index >= 15 is 0 Å². The number of pyridine rings is 1. The van der Waals surface area contributed by atoms with E-state index < -0.39 is 12.2 Å². The van der Waals surface area contributed by atoms with Gasteiger partial charge in [-0.1, -0.05) is 20.8 Å². The van der Waals surface area contributed by atoms with Crippen molar-refractivity contribution in [3.8, 4) is 5.88 Å². The summed E-state index contributed by atoms with van der Waals surface area (Å²) in [5, 5.41) is 3.08. The number of alkyl halides is 3. The molecule has 1 aromatic rings. The van der Waals surface area contributed by atoms with Gasteiger partial charge in [-0.15, -0.1) is 13.2 Å². The summed E-state index contributed by atoms with van der Waals surface area (Å²) in [4.78, 5) is 3.56. The topological polar surface area (TPSA) is 34.1 Å². The number of ether oxygens (including phenoxy) is 1. The Bertz CT molecular complexity index is 354. The molecule has 0 aliphatic carbocycles. The van der Waals surface area contributed by atoms with E-state index in [1.807, 2.05) is 0 Å². The van der Waals surface area contributed by atoms with Gasteiger partial charge in [0.05, 0.1) is 11.9 Å². The second-order valence-corrected chi connectivity index (χ2v) is 4.85. The van der Waals surface area contributed by atoms with Crippen LogP contribution in [0.15, 0.2) is 18.3 Å². The van der Waals surface area contributed by atoms with Crippen LogP contribution in [0.4, 0.5) is 18.9 Å². The molecule has 1 heterocycles. The second-order valence-electron chi connectivity index (χ2n) is 4.85. The van der Waals surface area contributed by atoms with Gasteiger partial charge >= 0.3 is 6.36 Å². The lowest BCUT2D eigenvalue weighted by Gasteiger charge is -2.19. The summed E-state index contributed by atoms with van der Waals surface area (Å²) in [5.41, 5.74) is 0.746. The average Bonchev–Trinajstić information content (AvgIpc) is 2.13. The zero-order valence-electron chi connectivity index (χ0n) is 9.93. The molecule has 0 fully saturated rings. The lowest BCUT2D eigenvalue weighted by Crippen LogP contribution is -2.19.